The van der Waals surface area contributed by atoms with Crippen molar-refractivity contribution in [1.29, 1.82) is 0 Å². The highest BCUT2D eigenvalue weighted by molar-refractivity contribution is 4.98. The zero-order valence-electron chi connectivity index (χ0n) is 10.2. The second-order valence-electron chi connectivity index (χ2n) is 5.70. The fourth-order valence-electron chi connectivity index (χ4n) is 2.50. The standard InChI is InChI=1S/C12H24N2O/c1-9-7-15-10(2)6-14(9)8-12(3,13)11-4-5-11/h9-11H,4-8,13H2,1-3H3. The van der Waals surface area contributed by atoms with Gasteiger partial charge in [-0.05, 0) is 39.5 Å². The Labute approximate surface area is 93.0 Å². The molecule has 0 aromatic rings. The SMILES string of the molecule is CC1CN(CC(C)(N)C2CC2)C(C)CO1. The summed E-state index contributed by atoms with van der Waals surface area (Å²) in [5, 5.41) is 0. The molecule has 2 aliphatic rings. The summed E-state index contributed by atoms with van der Waals surface area (Å²) in [6.07, 6.45) is 3.00. The van der Waals surface area contributed by atoms with Crippen LogP contribution in [0.4, 0.5) is 0 Å². The van der Waals surface area contributed by atoms with Crippen LogP contribution < -0.4 is 5.73 Å². The van der Waals surface area contributed by atoms with Crippen molar-refractivity contribution in [3.63, 3.8) is 0 Å². The molecule has 1 aliphatic carbocycles. The van der Waals surface area contributed by atoms with Crippen LogP contribution in [0.2, 0.25) is 0 Å². The van der Waals surface area contributed by atoms with E-state index in [1.807, 2.05) is 0 Å². The van der Waals surface area contributed by atoms with Crippen molar-refractivity contribution in [3.05, 3.63) is 0 Å². The Hall–Kier alpha value is -0.120. The smallest absolute Gasteiger partial charge is 0.0674 e. The van der Waals surface area contributed by atoms with Crippen molar-refractivity contribution in [2.24, 2.45) is 11.7 Å². The minimum Gasteiger partial charge on any atom is -0.376 e. The summed E-state index contributed by atoms with van der Waals surface area (Å²) in [4.78, 5) is 2.49. The Morgan fingerprint density at radius 1 is 1.40 bits per heavy atom. The fourth-order valence-corrected chi connectivity index (χ4v) is 2.50. The van der Waals surface area contributed by atoms with Crippen molar-refractivity contribution in [2.45, 2.75) is 51.3 Å². The molecule has 88 valence electrons. The molecule has 0 radical (unpaired) electrons. The minimum atomic E-state index is 0.00528. The van der Waals surface area contributed by atoms with Gasteiger partial charge in [0.1, 0.15) is 0 Å². The highest BCUT2D eigenvalue weighted by Crippen LogP contribution is 2.38. The van der Waals surface area contributed by atoms with E-state index in [4.69, 9.17) is 10.5 Å². The van der Waals surface area contributed by atoms with E-state index in [0.717, 1.165) is 25.6 Å². The Balaban J connectivity index is 1.91. The molecule has 0 spiro atoms. The fraction of sp³-hybridized carbons (Fsp3) is 1.00. The molecule has 1 aliphatic heterocycles. The van der Waals surface area contributed by atoms with Gasteiger partial charge in [0.05, 0.1) is 12.7 Å². The van der Waals surface area contributed by atoms with Crippen molar-refractivity contribution >= 4 is 0 Å². The average Bonchev–Trinajstić information content (AvgIpc) is 2.93. The summed E-state index contributed by atoms with van der Waals surface area (Å²) in [6, 6.07) is 0.517. The third-order valence-electron chi connectivity index (χ3n) is 3.79. The zero-order chi connectivity index (χ0) is 11.1. The summed E-state index contributed by atoms with van der Waals surface area (Å²) < 4.78 is 5.63. The van der Waals surface area contributed by atoms with Crippen LogP contribution in [-0.2, 0) is 4.74 Å². The molecule has 0 amide bonds. The molecule has 0 aromatic heterocycles. The highest BCUT2D eigenvalue weighted by Gasteiger charge is 2.40. The number of hydrogen-bond donors (Lipinski definition) is 1. The van der Waals surface area contributed by atoms with E-state index in [9.17, 15) is 0 Å². The molecule has 2 N–H and O–H groups in total. The number of morpholine rings is 1. The highest BCUT2D eigenvalue weighted by atomic mass is 16.5. The van der Waals surface area contributed by atoms with Gasteiger partial charge >= 0.3 is 0 Å². The molecular weight excluding hydrogens is 188 g/mol. The first kappa shape index (κ1) is 11.4. The first-order chi connectivity index (χ1) is 6.99. The lowest BCUT2D eigenvalue weighted by Crippen LogP contribution is -2.56. The van der Waals surface area contributed by atoms with Gasteiger partial charge in [-0.15, -0.1) is 0 Å². The van der Waals surface area contributed by atoms with Crippen LogP contribution in [-0.4, -0.2) is 42.3 Å². The molecule has 3 heteroatoms. The van der Waals surface area contributed by atoms with Gasteiger partial charge in [-0.1, -0.05) is 0 Å². The number of ether oxygens (including phenoxy) is 1. The molecular formula is C12H24N2O. The van der Waals surface area contributed by atoms with Gasteiger partial charge < -0.3 is 10.5 Å². The second-order valence-corrected chi connectivity index (χ2v) is 5.70. The van der Waals surface area contributed by atoms with Gasteiger partial charge in [-0.3, -0.25) is 4.90 Å². The topological polar surface area (TPSA) is 38.5 Å². The predicted molar refractivity (Wildman–Crippen MR) is 61.8 cm³/mol. The second kappa shape index (κ2) is 4.04. The van der Waals surface area contributed by atoms with E-state index < -0.39 is 0 Å². The molecule has 1 heterocycles. The summed E-state index contributed by atoms with van der Waals surface area (Å²) in [7, 11) is 0. The van der Waals surface area contributed by atoms with Gasteiger partial charge in [-0.25, -0.2) is 0 Å². The van der Waals surface area contributed by atoms with Crippen molar-refractivity contribution in [1.82, 2.24) is 4.90 Å². The Morgan fingerprint density at radius 2 is 2.07 bits per heavy atom. The lowest BCUT2D eigenvalue weighted by Gasteiger charge is -2.41. The van der Waals surface area contributed by atoms with Gasteiger partial charge in [0, 0.05) is 24.7 Å². The molecule has 1 saturated heterocycles. The van der Waals surface area contributed by atoms with Crippen LogP contribution >= 0.6 is 0 Å². The molecule has 2 rings (SSSR count). The largest absolute Gasteiger partial charge is 0.376 e. The van der Waals surface area contributed by atoms with Gasteiger partial charge in [0.25, 0.3) is 0 Å². The average molecular weight is 212 g/mol. The van der Waals surface area contributed by atoms with Crippen LogP contribution in [0.25, 0.3) is 0 Å². The van der Waals surface area contributed by atoms with Crippen LogP contribution in [0.1, 0.15) is 33.6 Å². The summed E-state index contributed by atoms with van der Waals surface area (Å²) in [6.45, 7) is 9.48. The minimum absolute atomic E-state index is 0.00528. The summed E-state index contributed by atoms with van der Waals surface area (Å²) >= 11 is 0. The number of hydrogen-bond acceptors (Lipinski definition) is 3. The van der Waals surface area contributed by atoms with E-state index in [0.29, 0.717) is 12.1 Å². The third-order valence-corrected chi connectivity index (χ3v) is 3.79. The first-order valence-corrected chi connectivity index (χ1v) is 6.13. The van der Waals surface area contributed by atoms with Gasteiger partial charge in [0.2, 0.25) is 0 Å². The Morgan fingerprint density at radius 3 is 2.67 bits per heavy atom. The molecule has 3 atom stereocenters. The van der Waals surface area contributed by atoms with Crippen LogP contribution in [0, 0.1) is 5.92 Å². The van der Waals surface area contributed by atoms with Crippen molar-refractivity contribution in [2.75, 3.05) is 19.7 Å². The number of rotatable bonds is 3. The summed E-state index contributed by atoms with van der Waals surface area (Å²) in [5.74, 6) is 0.753. The maximum Gasteiger partial charge on any atom is 0.0674 e. The maximum atomic E-state index is 6.38. The van der Waals surface area contributed by atoms with Crippen molar-refractivity contribution in [3.8, 4) is 0 Å². The molecule has 0 aromatic carbocycles. The molecule has 1 saturated carbocycles. The Bertz CT molecular complexity index is 226. The van der Waals surface area contributed by atoms with Gasteiger partial charge in [0.15, 0.2) is 0 Å². The first-order valence-electron chi connectivity index (χ1n) is 6.13. The molecule has 0 bridgehead atoms. The number of nitrogens with zero attached hydrogens (tertiary/aromatic N) is 1. The normalized spacial score (nSPS) is 37.6. The quantitative estimate of drug-likeness (QED) is 0.764. The monoisotopic (exact) mass is 212 g/mol. The Kier molecular flexibility index (Phi) is 3.06. The van der Waals surface area contributed by atoms with E-state index in [2.05, 4.69) is 25.7 Å². The number of nitrogens with two attached hydrogens (primary N) is 1. The van der Waals surface area contributed by atoms with Crippen LogP contribution in [0.5, 0.6) is 0 Å². The van der Waals surface area contributed by atoms with Gasteiger partial charge in [-0.2, -0.15) is 0 Å². The lowest BCUT2D eigenvalue weighted by atomic mass is 9.95. The van der Waals surface area contributed by atoms with E-state index in [1.54, 1.807) is 0 Å². The van der Waals surface area contributed by atoms with Crippen LogP contribution in [0.15, 0.2) is 0 Å². The third kappa shape index (κ3) is 2.71. The lowest BCUT2D eigenvalue weighted by molar-refractivity contribution is -0.0562. The molecule has 3 unspecified atom stereocenters. The van der Waals surface area contributed by atoms with E-state index in [-0.39, 0.29) is 5.54 Å². The summed E-state index contributed by atoms with van der Waals surface area (Å²) in [5.41, 5.74) is 6.38. The maximum absolute atomic E-state index is 6.38. The van der Waals surface area contributed by atoms with E-state index >= 15 is 0 Å². The predicted octanol–water partition coefficient (Wildman–Crippen LogP) is 1.22. The van der Waals surface area contributed by atoms with Crippen LogP contribution in [0.3, 0.4) is 0 Å². The van der Waals surface area contributed by atoms with E-state index in [1.165, 1.54) is 12.8 Å². The van der Waals surface area contributed by atoms with Crippen molar-refractivity contribution < 1.29 is 4.74 Å². The molecule has 2 fully saturated rings. The molecule has 3 nitrogen and oxygen atoms in total. The molecule has 15 heavy (non-hydrogen) atoms. The zero-order valence-corrected chi connectivity index (χ0v) is 10.2.